The largest absolute Gasteiger partial charge is 0.309 e. The molecule has 0 aliphatic rings. The first-order chi connectivity index (χ1) is 36.7. The van der Waals surface area contributed by atoms with Crippen molar-refractivity contribution in [2.24, 2.45) is 0 Å². The van der Waals surface area contributed by atoms with Gasteiger partial charge in [-0.15, -0.1) is 0 Å². The molecule has 2 heterocycles. The highest BCUT2D eigenvalue weighted by Crippen LogP contribution is 2.40. The summed E-state index contributed by atoms with van der Waals surface area (Å²) in [6.07, 6.45) is 0. The van der Waals surface area contributed by atoms with Gasteiger partial charge < -0.3 is 9.13 Å². The Labute approximate surface area is 431 Å². The van der Waals surface area contributed by atoms with E-state index >= 15 is 0 Å². The van der Waals surface area contributed by atoms with E-state index in [0.717, 1.165) is 11.4 Å². The lowest BCUT2D eigenvalue weighted by molar-refractivity contribution is 1.18. The zero-order valence-corrected chi connectivity index (χ0v) is 40.6. The third kappa shape index (κ3) is 7.69. The maximum absolute atomic E-state index is 2.41. The molecule has 0 saturated heterocycles. The third-order valence-electron chi connectivity index (χ3n) is 15.0. The fraction of sp³-hybridized carbons (Fsp3) is 0. The Hall–Kier alpha value is -9.76. The van der Waals surface area contributed by atoms with Crippen molar-refractivity contribution in [1.82, 2.24) is 9.13 Å². The molecule has 14 aromatic rings. The van der Waals surface area contributed by atoms with Crippen LogP contribution in [-0.2, 0) is 0 Å². The van der Waals surface area contributed by atoms with Gasteiger partial charge >= 0.3 is 0 Å². The van der Waals surface area contributed by atoms with Gasteiger partial charge in [0.25, 0.3) is 0 Å². The van der Waals surface area contributed by atoms with E-state index in [1.54, 1.807) is 0 Å². The molecule has 2 nitrogen and oxygen atoms in total. The van der Waals surface area contributed by atoms with E-state index < -0.39 is 0 Å². The SMILES string of the molecule is c1ccc(-c2cccc(-c3cccc(-c4ccc(-c5ccc(-c6ccc(-n7c8ccccc8c8cc(-c9ccc%10c(c9)c9ccccc9n%10-c9cccc(-c%10ccccc%10)c9)ccc87)cc6)cc5)cc4)c3)c2)cc1. The summed E-state index contributed by atoms with van der Waals surface area (Å²) in [6.45, 7) is 0. The molecule has 0 saturated carbocycles. The van der Waals surface area contributed by atoms with Crippen LogP contribution in [-0.4, -0.2) is 9.13 Å². The molecule has 0 amide bonds. The molecule has 0 fully saturated rings. The molecule has 2 aromatic heterocycles. The number of hydrogen-bond acceptors (Lipinski definition) is 0. The lowest BCUT2D eigenvalue weighted by Crippen LogP contribution is -1.94. The molecule has 0 unspecified atom stereocenters. The van der Waals surface area contributed by atoms with Gasteiger partial charge in [0.05, 0.1) is 22.1 Å². The Morgan fingerprint density at radius 3 is 0.892 bits per heavy atom. The standard InChI is InChI=1S/C72H48N2/c1-3-14-49(15-4-1)56-18-11-20-58(44-56)59-21-12-19-57(45-59)55-34-32-52(33-35-55)51-28-30-53(31-29-51)54-36-40-63(41-37-54)73-69-26-9-7-24-65(69)67-47-61(38-42-71(67)73)62-39-43-72-68(48-62)66-25-8-10-27-70(66)74(72)64-23-13-22-60(46-64)50-16-5-2-6-17-50/h1-48H. The van der Waals surface area contributed by atoms with Crippen LogP contribution in [0, 0.1) is 0 Å². The fourth-order valence-electron chi connectivity index (χ4n) is 11.2. The molecule has 0 N–H and O–H groups in total. The van der Waals surface area contributed by atoms with E-state index in [-0.39, 0.29) is 0 Å². The molecule has 74 heavy (non-hydrogen) atoms. The van der Waals surface area contributed by atoms with E-state index in [1.165, 1.54) is 122 Å². The van der Waals surface area contributed by atoms with Gasteiger partial charge in [-0.1, -0.05) is 218 Å². The molecule has 0 aliphatic carbocycles. The zero-order valence-electron chi connectivity index (χ0n) is 40.6. The monoisotopic (exact) mass is 940 g/mol. The van der Waals surface area contributed by atoms with Crippen molar-refractivity contribution in [3.05, 3.63) is 291 Å². The van der Waals surface area contributed by atoms with Crippen LogP contribution in [0.3, 0.4) is 0 Å². The smallest absolute Gasteiger partial charge is 0.0541 e. The molecule has 0 radical (unpaired) electrons. The third-order valence-corrected chi connectivity index (χ3v) is 15.0. The molecular weight excluding hydrogens is 893 g/mol. The quantitative estimate of drug-likeness (QED) is 0.136. The van der Waals surface area contributed by atoms with Crippen LogP contribution in [0.15, 0.2) is 291 Å². The summed E-state index contributed by atoms with van der Waals surface area (Å²) in [5.41, 5.74) is 24.0. The Morgan fingerprint density at radius 2 is 0.432 bits per heavy atom. The zero-order chi connectivity index (χ0) is 49.0. The summed E-state index contributed by atoms with van der Waals surface area (Å²) >= 11 is 0. The Kier molecular flexibility index (Phi) is 10.6. The number of benzene rings is 12. The van der Waals surface area contributed by atoms with E-state index in [4.69, 9.17) is 0 Å². The van der Waals surface area contributed by atoms with Crippen LogP contribution in [0.1, 0.15) is 0 Å². The molecular formula is C72H48N2. The van der Waals surface area contributed by atoms with Crippen molar-refractivity contribution in [3.63, 3.8) is 0 Å². The van der Waals surface area contributed by atoms with E-state index in [0.29, 0.717) is 0 Å². The van der Waals surface area contributed by atoms with E-state index in [9.17, 15) is 0 Å². The first kappa shape index (κ1) is 43.1. The molecule has 2 heteroatoms. The summed E-state index contributed by atoms with van der Waals surface area (Å²) < 4.78 is 4.82. The van der Waals surface area contributed by atoms with Crippen LogP contribution >= 0.6 is 0 Å². The highest BCUT2D eigenvalue weighted by atomic mass is 15.0. The van der Waals surface area contributed by atoms with E-state index in [2.05, 4.69) is 300 Å². The van der Waals surface area contributed by atoms with Crippen molar-refractivity contribution in [2.75, 3.05) is 0 Å². The summed E-state index contributed by atoms with van der Waals surface area (Å²) in [4.78, 5) is 0. The summed E-state index contributed by atoms with van der Waals surface area (Å²) in [5, 5.41) is 4.97. The lowest BCUT2D eigenvalue weighted by Gasteiger charge is -2.11. The Balaban J connectivity index is 0.727. The first-order valence-electron chi connectivity index (χ1n) is 25.5. The molecule has 0 atom stereocenters. The number of nitrogens with zero attached hydrogens (tertiary/aromatic N) is 2. The van der Waals surface area contributed by atoms with Crippen LogP contribution in [0.5, 0.6) is 0 Å². The van der Waals surface area contributed by atoms with Gasteiger partial charge in [0.1, 0.15) is 0 Å². The molecule has 14 rings (SSSR count). The van der Waals surface area contributed by atoms with Crippen LogP contribution in [0.25, 0.3) is 133 Å². The normalized spacial score (nSPS) is 11.5. The predicted octanol–water partition coefficient (Wildman–Crippen LogP) is 19.5. The van der Waals surface area contributed by atoms with Crippen LogP contribution in [0.2, 0.25) is 0 Å². The molecule has 346 valence electrons. The Morgan fingerprint density at radius 1 is 0.149 bits per heavy atom. The highest BCUT2D eigenvalue weighted by molar-refractivity contribution is 6.13. The lowest BCUT2D eigenvalue weighted by atomic mass is 9.95. The van der Waals surface area contributed by atoms with Gasteiger partial charge in [-0.25, -0.2) is 0 Å². The number of aromatic nitrogens is 2. The summed E-state index contributed by atoms with van der Waals surface area (Å²) in [6, 6.07) is 106. The Bertz CT molecular complexity index is 4370. The summed E-state index contributed by atoms with van der Waals surface area (Å²) in [5.74, 6) is 0. The van der Waals surface area contributed by atoms with Crippen molar-refractivity contribution in [1.29, 1.82) is 0 Å². The van der Waals surface area contributed by atoms with Gasteiger partial charge in [0.15, 0.2) is 0 Å². The second kappa shape index (κ2) is 18.1. The summed E-state index contributed by atoms with van der Waals surface area (Å²) in [7, 11) is 0. The van der Waals surface area contributed by atoms with E-state index in [1.807, 2.05) is 0 Å². The minimum absolute atomic E-state index is 1.14. The minimum Gasteiger partial charge on any atom is -0.309 e. The van der Waals surface area contributed by atoms with Crippen LogP contribution < -0.4 is 0 Å². The molecule has 0 aliphatic heterocycles. The van der Waals surface area contributed by atoms with Gasteiger partial charge in [-0.3, -0.25) is 0 Å². The van der Waals surface area contributed by atoms with Crippen LogP contribution in [0.4, 0.5) is 0 Å². The number of fused-ring (bicyclic) bond motifs is 6. The fourth-order valence-corrected chi connectivity index (χ4v) is 11.2. The molecule has 0 spiro atoms. The van der Waals surface area contributed by atoms with Crippen molar-refractivity contribution in [2.45, 2.75) is 0 Å². The number of rotatable bonds is 9. The topological polar surface area (TPSA) is 9.86 Å². The molecule has 12 aromatic carbocycles. The maximum Gasteiger partial charge on any atom is 0.0541 e. The molecule has 0 bridgehead atoms. The van der Waals surface area contributed by atoms with Crippen molar-refractivity contribution in [3.8, 4) is 89.3 Å². The predicted molar refractivity (Wildman–Crippen MR) is 313 cm³/mol. The van der Waals surface area contributed by atoms with Crippen molar-refractivity contribution < 1.29 is 0 Å². The number of para-hydroxylation sites is 2. The van der Waals surface area contributed by atoms with Gasteiger partial charge in [-0.05, 0) is 151 Å². The minimum atomic E-state index is 1.14. The van der Waals surface area contributed by atoms with Crippen molar-refractivity contribution >= 4 is 43.6 Å². The van der Waals surface area contributed by atoms with Gasteiger partial charge in [0, 0.05) is 32.9 Å². The highest BCUT2D eigenvalue weighted by Gasteiger charge is 2.17. The van der Waals surface area contributed by atoms with Gasteiger partial charge in [-0.2, -0.15) is 0 Å². The van der Waals surface area contributed by atoms with Gasteiger partial charge in [0.2, 0.25) is 0 Å². The second-order valence-corrected chi connectivity index (χ2v) is 19.3. The maximum atomic E-state index is 2.41. The first-order valence-corrected chi connectivity index (χ1v) is 25.5. The average molecular weight is 941 g/mol. The number of hydrogen-bond donors (Lipinski definition) is 0. The second-order valence-electron chi connectivity index (χ2n) is 19.3. The average Bonchev–Trinajstić information content (AvgIpc) is 4.00.